The van der Waals surface area contributed by atoms with Gasteiger partial charge in [0.15, 0.2) is 12.6 Å². The Kier molecular flexibility index (Phi) is 7.48. The Labute approximate surface area is 162 Å². The van der Waals surface area contributed by atoms with Gasteiger partial charge < -0.3 is 19.7 Å². The van der Waals surface area contributed by atoms with Gasteiger partial charge in [-0.05, 0) is 23.8 Å². The molecule has 1 N–H and O–H groups in total. The predicted octanol–water partition coefficient (Wildman–Crippen LogP) is 3.24. The molecule has 6 nitrogen and oxygen atoms in total. The minimum atomic E-state index is -4.42. The number of pyridine rings is 1. The maximum atomic E-state index is 12.4. The Balaban J connectivity index is 1.97. The van der Waals surface area contributed by atoms with E-state index in [0.29, 0.717) is 18.1 Å². The molecule has 1 heterocycles. The molecule has 28 heavy (non-hydrogen) atoms. The molecular weight excluding hydrogens is 373 g/mol. The van der Waals surface area contributed by atoms with Crippen molar-refractivity contribution in [3.8, 4) is 11.6 Å². The number of hydrogen-bond acceptors (Lipinski definition) is 4. The minimum absolute atomic E-state index is 0.0550. The molecule has 1 aromatic heterocycles. The predicted molar refractivity (Wildman–Crippen MR) is 100 cm³/mol. The van der Waals surface area contributed by atoms with E-state index in [1.54, 1.807) is 26.3 Å². The zero-order chi connectivity index (χ0) is 20.6. The van der Waals surface area contributed by atoms with Crippen LogP contribution in [0.4, 0.5) is 13.2 Å². The van der Waals surface area contributed by atoms with Crippen molar-refractivity contribution < 1.29 is 22.6 Å². The van der Waals surface area contributed by atoms with Crippen LogP contribution in [0.5, 0.6) is 11.6 Å². The summed E-state index contributed by atoms with van der Waals surface area (Å²) in [6.45, 7) is -0.572. The van der Waals surface area contributed by atoms with Crippen LogP contribution >= 0.6 is 0 Å². The van der Waals surface area contributed by atoms with E-state index in [1.807, 2.05) is 36.2 Å². The first-order valence-corrected chi connectivity index (χ1v) is 8.50. The van der Waals surface area contributed by atoms with E-state index in [-0.39, 0.29) is 12.4 Å². The van der Waals surface area contributed by atoms with Gasteiger partial charge in [-0.1, -0.05) is 18.2 Å². The first-order valence-electron chi connectivity index (χ1n) is 8.50. The average Bonchev–Trinajstić information content (AvgIpc) is 2.67. The molecule has 152 valence electrons. The van der Waals surface area contributed by atoms with E-state index in [4.69, 9.17) is 9.47 Å². The number of aromatic nitrogens is 1. The van der Waals surface area contributed by atoms with Crippen LogP contribution in [0.25, 0.3) is 0 Å². The molecule has 0 atom stereocenters. The topological polar surface area (TPSA) is 59.0 Å². The molecule has 0 unspecified atom stereocenters. The van der Waals surface area contributed by atoms with Crippen LogP contribution in [0.1, 0.15) is 11.1 Å². The molecular formula is C19H23F3N4O2. The minimum Gasteiger partial charge on any atom is -0.497 e. The molecule has 0 fully saturated rings. The molecule has 2 rings (SSSR count). The fraction of sp³-hybridized carbons (Fsp3) is 0.368. The summed E-state index contributed by atoms with van der Waals surface area (Å²) in [5.74, 6) is 1.30. The summed E-state index contributed by atoms with van der Waals surface area (Å²) in [4.78, 5) is 10.00. The van der Waals surface area contributed by atoms with E-state index in [1.165, 1.54) is 6.20 Å². The van der Waals surface area contributed by atoms with Crippen molar-refractivity contribution in [2.45, 2.75) is 19.3 Å². The zero-order valence-electron chi connectivity index (χ0n) is 16.0. The molecule has 0 aliphatic carbocycles. The standard InChI is InChI=1S/C19H23F3N4O2/c1-23-18(26(2)12-14-6-8-16(27-3)9-7-14)25-11-15-5-4-10-24-17(15)28-13-19(20,21)22/h4-10H,11-13H2,1-3H3,(H,23,25). The molecule has 2 aromatic rings. The first kappa shape index (κ1) is 21.3. The van der Waals surface area contributed by atoms with Crippen LogP contribution < -0.4 is 14.8 Å². The van der Waals surface area contributed by atoms with E-state index in [2.05, 4.69) is 15.3 Å². The lowest BCUT2D eigenvalue weighted by molar-refractivity contribution is -0.154. The molecule has 0 amide bonds. The van der Waals surface area contributed by atoms with Crippen LogP contribution in [-0.2, 0) is 13.1 Å². The summed E-state index contributed by atoms with van der Waals surface area (Å²) < 4.78 is 47.1. The van der Waals surface area contributed by atoms with Gasteiger partial charge in [0.05, 0.1) is 7.11 Å². The smallest absolute Gasteiger partial charge is 0.422 e. The highest BCUT2D eigenvalue weighted by Crippen LogP contribution is 2.20. The second-order valence-corrected chi connectivity index (χ2v) is 5.98. The van der Waals surface area contributed by atoms with Gasteiger partial charge in [-0.25, -0.2) is 4.98 Å². The van der Waals surface area contributed by atoms with Gasteiger partial charge in [-0.2, -0.15) is 13.2 Å². The molecule has 0 aliphatic rings. The molecule has 0 aliphatic heterocycles. The lowest BCUT2D eigenvalue weighted by Crippen LogP contribution is -2.38. The first-order chi connectivity index (χ1) is 13.3. The Morgan fingerprint density at radius 3 is 2.54 bits per heavy atom. The van der Waals surface area contributed by atoms with E-state index < -0.39 is 12.8 Å². The third kappa shape index (κ3) is 6.64. The Hall–Kier alpha value is -2.97. The average molecular weight is 396 g/mol. The SMILES string of the molecule is CN=C(NCc1cccnc1OCC(F)(F)F)N(C)Cc1ccc(OC)cc1. The van der Waals surface area contributed by atoms with Crippen LogP contribution in [-0.4, -0.2) is 49.8 Å². The number of benzene rings is 1. The van der Waals surface area contributed by atoms with Crippen molar-refractivity contribution in [1.29, 1.82) is 0 Å². The quantitative estimate of drug-likeness (QED) is 0.575. The van der Waals surface area contributed by atoms with Gasteiger partial charge in [0.1, 0.15) is 5.75 Å². The number of aliphatic imine (C=N–C) groups is 1. The highest BCUT2D eigenvalue weighted by Gasteiger charge is 2.29. The van der Waals surface area contributed by atoms with Crippen molar-refractivity contribution in [3.63, 3.8) is 0 Å². The van der Waals surface area contributed by atoms with Crippen LogP contribution in [0.2, 0.25) is 0 Å². The Bertz CT molecular complexity index is 779. The maximum absolute atomic E-state index is 12.4. The van der Waals surface area contributed by atoms with Crippen LogP contribution in [0.15, 0.2) is 47.6 Å². The third-order valence-electron chi connectivity index (χ3n) is 3.81. The van der Waals surface area contributed by atoms with E-state index >= 15 is 0 Å². The van der Waals surface area contributed by atoms with Crippen molar-refractivity contribution in [2.24, 2.45) is 4.99 Å². The summed E-state index contributed by atoms with van der Waals surface area (Å²) in [6, 6.07) is 10.9. The van der Waals surface area contributed by atoms with Gasteiger partial charge in [-0.3, -0.25) is 4.99 Å². The number of alkyl halides is 3. The van der Waals surface area contributed by atoms with Crippen LogP contribution in [0, 0.1) is 0 Å². The monoisotopic (exact) mass is 396 g/mol. The highest BCUT2D eigenvalue weighted by molar-refractivity contribution is 5.79. The third-order valence-corrected chi connectivity index (χ3v) is 3.81. The molecule has 0 saturated heterocycles. The molecule has 0 spiro atoms. The van der Waals surface area contributed by atoms with Gasteiger partial charge in [0.2, 0.25) is 5.88 Å². The number of halogens is 3. The largest absolute Gasteiger partial charge is 0.497 e. The molecule has 0 radical (unpaired) electrons. The molecule has 0 bridgehead atoms. The van der Waals surface area contributed by atoms with Crippen molar-refractivity contribution in [2.75, 3.05) is 27.8 Å². The van der Waals surface area contributed by atoms with Crippen molar-refractivity contribution >= 4 is 5.96 Å². The molecule has 1 aromatic carbocycles. The van der Waals surface area contributed by atoms with Crippen molar-refractivity contribution in [1.82, 2.24) is 15.2 Å². The van der Waals surface area contributed by atoms with Gasteiger partial charge in [0, 0.05) is 38.9 Å². The maximum Gasteiger partial charge on any atom is 0.422 e. The second kappa shape index (κ2) is 9.82. The fourth-order valence-electron chi connectivity index (χ4n) is 2.48. The van der Waals surface area contributed by atoms with Crippen molar-refractivity contribution in [3.05, 3.63) is 53.7 Å². The summed E-state index contributed by atoms with van der Waals surface area (Å²) in [5, 5.41) is 3.12. The lowest BCUT2D eigenvalue weighted by Gasteiger charge is -2.22. The second-order valence-electron chi connectivity index (χ2n) is 5.98. The van der Waals surface area contributed by atoms with Gasteiger partial charge in [-0.15, -0.1) is 0 Å². The summed E-state index contributed by atoms with van der Waals surface area (Å²) >= 11 is 0. The number of hydrogen-bond donors (Lipinski definition) is 1. The van der Waals surface area contributed by atoms with Gasteiger partial charge >= 0.3 is 6.18 Å². The van der Waals surface area contributed by atoms with E-state index in [0.717, 1.165) is 11.3 Å². The number of ether oxygens (including phenoxy) is 2. The zero-order valence-corrected chi connectivity index (χ0v) is 16.0. The number of methoxy groups -OCH3 is 1. The number of nitrogens with one attached hydrogen (secondary N) is 1. The molecule has 9 heteroatoms. The number of nitrogens with zero attached hydrogens (tertiary/aromatic N) is 3. The Morgan fingerprint density at radius 1 is 1.21 bits per heavy atom. The van der Waals surface area contributed by atoms with Gasteiger partial charge in [0.25, 0.3) is 0 Å². The van der Waals surface area contributed by atoms with E-state index in [9.17, 15) is 13.2 Å². The number of rotatable bonds is 7. The summed E-state index contributed by atoms with van der Waals surface area (Å²) in [7, 11) is 5.11. The Morgan fingerprint density at radius 2 is 1.93 bits per heavy atom. The number of guanidine groups is 1. The summed E-state index contributed by atoms with van der Waals surface area (Å²) in [6.07, 6.45) is -3.03. The lowest BCUT2D eigenvalue weighted by atomic mass is 10.2. The molecule has 0 saturated carbocycles. The normalized spacial score (nSPS) is 11.9. The van der Waals surface area contributed by atoms with Crippen LogP contribution in [0.3, 0.4) is 0 Å². The summed E-state index contributed by atoms with van der Waals surface area (Å²) in [5.41, 5.74) is 1.56. The fourth-order valence-corrected chi connectivity index (χ4v) is 2.48. The highest BCUT2D eigenvalue weighted by atomic mass is 19.4.